The van der Waals surface area contributed by atoms with E-state index in [9.17, 15) is 5.26 Å². The Hall–Kier alpha value is -10.7. The molecule has 10 aromatic carbocycles. The van der Waals surface area contributed by atoms with Crippen LogP contribution in [0.25, 0.3) is 134 Å². The predicted molar refractivity (Wildman–Crippen MR) is 309 cm³/mol. The molecular weight excluding hydrogens is 943 g/mol. The minimum atomic E-state index is 0.549. The van der Waals surface area contributed by atoms with Gasteiger partial charge in [-0.25, -0.2) is 29.9 Å². The summed E-state index contributed by atoms with van der Waals surface area (Å²) in [6.45, 7) is 2.12. The molecule has 4 heterocycles. The van der Waals surface area contributed by atoms with E-state index >= 15 is 0 Å². The van der Waals surface area contributed by atoms with Crippen LogP contribution >= 0.6 is 0 Å². The first-order chi connectivity index (χ1) is 38.0. The molecule has 0 saturated carbocycles. The first-order valence-corrected chi connectivity index (χ1v) is 25.5. The summed E-state index contributed by atoms with van der Waals surface area (Å²) in [5, 5.41) is 15.3. The Bertz CT molecular complexity index is 4520. The summed E-state index contributed by atoms with van der Waals surface area (Å²) < 4.78 is 4.61. The van der Waals surface area contributed by atoms with Crippen LogP contribution in [0.2, 0.25) is 0 Å². The van der Waals surface area contributed by atoms with Crippen molar-refractivity contribution in [1.29, 1.82) is 5.26 Å². The number of rotatable bonds is 9. The summed E-state index contributed by atoms with van der Waals surface area (Å²) in [7, 11) is 0. The highest BCUT2D eigenvalue weighted by Crippen LogP contribution is 2.43. The van der Waals surface area contributed by atoms with Gasteiger partial charge >= 0.3 is 0 Å². The largest absolute Gasteiger partial charge is 0.309 e. The highest BCUT2D eigenvalue weighted by atomic mass is 15.1. The maximum absolute atomic E-state index is 11.1. The zero-order chi connectivity index (χ0) is 51.4. The van der Waals surface area contributed by atoms with E-state index in [1.54, 1.807) is 0 Å². The number of fused-ring (bicyclic) bond motifs is 6. The van der Waals surface area contributed by atoms with Gasteiger partial charge in [-0.15, -0.1) is 0 Å². The third kappa shape index (κ3) is 7.88. The predicted octanol–water partition coefficient (Wildman–Crippen LogP) is 16.1. The minimum absolute atomic E-state index is 0.549. The van der Waals surface area contributed by atoms with Gasteiger partial charge in [-0.2, -0.15) is 5.26 Å². The van der Waals surface area contributed by atoms with Crippen molar-refractivity contribution in [3.63, 3.8) is 0 Å². The third-order valence-corrected chi connectivity index (χ3v) is 14.3. The van der Waals surface area contributed by atoms with Gasteiger partial charge in [-0.1, -0.05) is 181 Å². The number of nitrogens with zero attached hydrogens (tertiary/aromatic N) is 9. The molecule has 0 atom stereocenters. The Labute approximate surface area is 443 Å². The van der Waals surface area contributed by atoms with Gasteiger partial charge in [0.05, 0.1) is 39.0 Å². The van der Waals surface area contributed by atoms with Crippen LogP contribution in [0.5, 0.6) is 0 Å². The fourth-order valence-electron chi connectivity index (χ4n) is 10.8. The zero-order valence-corrected chi connectivity index (χ0v) is 41.6. The molecule has 0 aliphatic rings. The van der Waals surface area contributed by atoms with E-state index < -0.39 is 0 Å². The molecule has 4 aromatic heterocycles. The fourth-order valence-corrected chi connectivity index (χ4v) is 10.8. The van der Waals surface area contributed by atoms with Crippen molar-refractivity contribution >= 4 is 43.6 Å². The molecule has 9 heteroatoms. The van der Waals surface area contributed by atoms with Gasteiger partial charge in [0.15, 0.2) is 34.9 Å². The molecule has 0 aliphatic carbocycles. The number of hydrogen-bond donors (Lipinski definition) is 0. The lowest BCUT2D eigenvalue weighted by molar-refractivity contribution is 1.07. The molecule has 0 unspecified atom stereocenters. The standard InChI is InChI=1S/C68H43N9/c1-43-33-36-59(76-57-31-16-14-28-51(57)55-40-48(34-37-60(55)76)67-72-63(44-19-6-2-7-20-44)70-64(73-67)45-21-8-3-9-22-45)54(39-43)53-30-18-27-50(42-69)62(53)77-58-32-17-15-29-52(58)56-41-49(35-38-61(56)77)68-74-65(46-23-10-4-11-24-46)71-66(75-68)47-25-12-5-13-26-47/h2-41H,1H3. The molecule has 360 valence electrons. The lowest BCUT2D eigenvalue weighted by Crippen LogP contribution is -2.04. The molecule has 0 bridgehead atoms. The Balaban J connectivity index is 0.948. The Morgan fingerprint density at radius 1 is 0.312 bits per heavy atom. The second-order valence-electron chi connectivity index (χ2n) is 19.1. The number of aryl methyl sites for hydroxylation is 1. The average molecular weight is 986 g/mol. The molecule has 0 spiro atoms. The monoisotopic (exact) mass is 985 g/mol. The molecule has 0 saturated heterocycles. The van der Waals surface area contributed by atoms with Crippen molar-refractivity contribution in [1.82, 2.24) is 39.0 Å². The molecular formula is C68H43N9. The summed E-state index contributed by atoms with van der Waals surface area (Å²) in [6, 6.07) is 85.3. The molecule has 0 fully saturated rings. The minimum Gasteiger partial charge on any atom is -0.309 e. The fraction of sp³-hybridized carbons (Fsp3) is 0.0147. The van der Waals surface area contributed by atoms with Crippen molar-refractivity contribution in [2.24, 2.45) is 0 Å². The van der Waals surface area contributed by atoms with Crippen LogP contribution in [-0.2, 0) is 0 Å². The molecule has 0 amide bonds. The second-order valence-corrected chi connectivity index (χ2v) is 19.1. The molecule has 0 aliphatic heterocycles. The first kappa shape index (κ1) is 45.0. The zero-order valence-electron chi connectivity index (χ0n) is 41.6. The summed E-state index contributed by atoms with van der Waals surface area (Å²) in [4.78, 5) is 30.3. The lowest BCUT2D eigenvalue weighted by Gasteiger charge is -2.20. The summed E-state index contributed by atoms with van der Waals surface area (Å²) in [5.74, 6) is 3.57. The Kier molecular flexibility index (Phi) is 10.9. The molecule has 14 rings (SSSR count). The van der Waals surface area contributed by atoms with Crippen LogP contribution in [0.3, 0.4) is 0 Å². The van der Waals surface area contributed by atoms with Gasteiger partial charge in [0.2, 0.25) is 0 Å². The maximum Gasteiger partial charge on any atom is 0.164 e. The van der Waals surface area contributed by atoms with E-state index in [2.05, 4.69) is 131 Å². The van der Waals surface area contributed by atoms with Gasteiger partial charge in [0.1, 0.15) is 6.07 Å². The first-order valence-electron chi connectivity index (χ1n) is 25.5. The van der Waals surface area contributed by atoms with E-state index in [1.807, 2.05) is 133 Å². The quantitative estimate of drug-likeness (QED) is 0.142. The van der Waals surface area contributed by atoms with Crippen molar-refractivity contribution in [2.75, 3.05) is 0 Å². The van der Waals surface area contributed by atoms with Crippen LogP contribution in [0.15, 0.2) is 243 Å². The van der Waals surface area contributed by atoms with Gasteiger partial charge in [0.25, 0.3) is 0 Å². The lowest BCUT2D eigenvalue weighted by atomic mass is 9.96. The number of para-hydroxylation sites is 3. The van der Waals surface area contributed by atoms with Crippen LogP contribution in [-0.4, -0.2) is 39.0 Å². The van der Waals surface area contributed by atoms with Crippen molar-refractivity contribution < 1.29 is 0 Å². The molecule has 9 nitrogen and oxygen atoms in total. The molecule has 14 aromatic rings. The number of aromatic nitrogens is 8. The van der Waals surface area contributed by atoms with Gasteiger partial charge in [-0.05, 0) is 73.7 Å². The highest BCUT2D eigenvalue weighted by Gasteiger charge is 2.24. The van der Waals surface area contributed by atoms with Crippen LogP contribution < -0.4 is 0 Å². The number of benzene rings is 10. The smallest absolute Gasteiger partial charge is 0.164 e. The maximum atomic E-state index is 11.1. The van der Waals surface area contributed by atoms with Gasteiger partial charge in [-0.3, -0.25) is 0 Å². The molecule has 0 radical (unpaired) electrons. The van der Waals surface area contributed by atoms with Crippen molar-refractivity contribution in [3.05, 3.63) is 254 Å². The highest BCUT2D eigenvalue weighted by molar-refractivity contribution is 6.13. The summed E-state index contributed by atoms with van der Waals surface area (Å²) in [5.41, 5.74) is 14.7. The average Bonchev–Trinajstić information content (AvgIpc) is 4.06. The topological polar surface area (TPSA) is 111 Å². The van der Waals surface area contributed by atoms with Crippen molar-refractivity contribution in [3.8, 4) is 96.9 Å². The van der Waals surface area contributed by atoms with E-state index in [4.69, 9.17) is 29.9 Å². The number of hydrogen-bond acceptors (Lipinski definition) is 7. The van der Waals surface area contributed by atoms with Crippen molar-refractivity contribution in [2.45, 2.75) is 6.92 Å². The summed E-state index contributed by atoms with van der Waals surface area (Å²) >= 11 is 0. The second kappa shape index (κ2) is 18.7. The van der Waals surface area contributed by atoms with Crippen LogP contribution in [0.4, 0.5) is 0 Å². The van der Waals surface area contributed by atoms with Gasteiger partial charge < -0.3 is 9.13 Å². The molecule has 77 heavy (non-hydrogen) atoms. The third-order valence-electron chi connectivity index (χ3n) is 14.3. The van der Waals surface area contributed by atoms with E-state index in [0.717, 1.165) is 105 Å². The Morgan fingerprint density at radius 3 is 1.16 bits per heavy atom. The van der Waals surface area contributed by atoms with Gasteiger partial charge in [0, 0.05) is 66.1 Å². The van der Waals surface area contributed by atoms with Crippen LogP contribution in [0, 0.1) is 18.3 Å². The number of nitriles is 1. The SMILES string of the molecule is Cc1ccc(-n2c3ccccc3c3cc(-c4nc(-c5ccccc5)nc(-c5ccccc5)n4)ccc32)c(-c2cccc(C#N)c2-n2c3ccccc3c3cc(-c4nc(-c5ccccc5)nc(-c5ccccc5)n4)ccc32)c1. The Morgan fingerprint density at radius 2 is 0.701 bits per heavy atom. The normalized spacial score (nSPS) is 11.4. The van der Waals surface area contributed by atoms with E-state index in [0.29, 0.717) is 40.5 Å². The summed E-state index contributed by atoms with van der Waals surface area (Å²) in [6.07, 6.45) is 0. The van der Waals surface area contributed by atoms with E-state index in [1.165, 1.54) is 0 Å². The van der Waals surface area contributed by atoms with E-state index in [-0.39, 0.29) is 0 Å². The molecule has 0 N–H and O–H groups in total. The van der Waals surface area contributed by atoms with Crippen LogP contribution in [0.1, 0.15) is 11.1 Å².